The van der Waals surface area contributed by atoms with E-state index in [1.165, 1.54) is 0 Å². The lowest BCUT2D eigenvalue weighted by atomic mass is 10.3. The molecule has 0 saturated carbocycles. The monoisotopic (exact) mass is 170 g/mol. The van der Waals surface area contributed by atoms with Crippen LogP contribution in [-0.4, -0.2) is 16.4 Å². The van der Waals surface area contributed by atoms with E-state index in [1.54, 1.807) is 12.1 Å². The van der Waals surface area contributed by atoms with Crippen LogP contribution in [0.2, 0.25) is 0 Å². The molecule has 0 fully saturated rings. The molecule has 0 saturated heterocycles. The summed E-state index contributed by atoms with van der Waals surface area (Å²) in [6.07, 6.45) is -1.83. The predicted molar refractivity (Wildman–Crippen MR) is 45.9 cm³/mol. The smallest absolute Gasteiger partial charge is 0.450 e. The van der Waals surface area contributed by atoms with Crippen molar-refractivity contribution < 1.29 is 15.0 Å². The average Bonchev–Trinajstić information content (AvgIpc) is 1.94. The summed E-state index contributed by atoms with van der Waals surface area (Å²) >= 11 is 0. The molecule has 0 heterocycles. The van der Waals surface area contributed by atoms with Gasteiger partial charge in [-0.15, -0.1) is 0 Å². The summed E-state index contributed by atoms with van der Waals surface area (Å²) in [6, 6.07) is 7.25. The van der Waals surface area contributed by atoms with Crippen molar-refractivity contribution in [2.24, 2.45) is 0 Å². The van der Waals surface area contributed by atoms with Gasteiger partial charge in [0.05, 0.1) is 11.4 Å². The van der Waals surface area contributed by atoms with Crippen molar-refractivity contribution in [3.8, 4) is 0 Å². The summed E-state index contributed by atoms with van der Waals surface area (Å²) in [4.78, 5) is 8.56. The van der Waals surface area contributed by atoms with Gasteiger partial charge in [-0.3, -0.25) is 0 Å². The molecule has 5 nitrogen and oxygen atoms in total. The second-order valence-electron chi connectivity index (χ2n) is 1.91. The van der Waals surface area contributed by atoms with Gasteiger partial charge in [-0.2, -0.15) is 0 Å². The normalized spacial score (nSPS) is 8.00. The van der Waals surface area contributed by atoms with E-state index in [0.29, 0.717) is 11.4 Å². The maximum absolute atomic E-state index is 8.56. The lowest BCUT2D eigenvalue weighted by Crippen LogP contribution is -1.91. The fourth-order valence-corrected chi connectivity index (χ4v) is 0.511. The first-order chi connectivity index (χ1) is 5.54. The summed E-state index contributed by atoms with van der Waals surface area (Å²) in [7, 11) is 0. The van der Waals surface area contributed by atoms with Gasteiger partial charge in [0, 0.05) is 0 Å². The number of carboxylic acid groups (broad SMARTS) is 2. The highest BCUT2D eigenvalue weighted by molar-refractivity contribution is 5.62. The van der Waals surface area contributed by atoms with Crippen LogP contribution in [-0.2, 0) is 0 Å². The number of rotatable bonds is 0. The van der Waals surface area contributed by atoms with Crippen LogP contribution in [0, 0.1) is 0 Å². The first-order valence-electron chi connectivity index (χ1n) is 3.06. The molecule has 0 aromatic heterocycles. The SMILES string of the molecule is Nc1ccccc1N.O=C(O)O. The van der Waals surface area contributed by atoms with Gasteiger partial charge in [-0.25, -0.2) is 4.79 Å². The van der Waals surface area contributed by atoms with Crippen molar-refractivity contribution in [1.29, 1.82) is 0 Å². The standard InChI is InChI=1S/C6H8N2.CH2O3/c7-5-3-1-2-4-6(5)8;2-1(3)4/h1-4H,7-8H2;(H2,2,3,4). The van der Waals surface area contributed by atoms with E-state index in [2.05, 4.69) is 0 Å². The van der Waals surface area contributed by atoms with Crippen LogP contribution >= 0.6 is 0 Å². The molecule has 0 bridgehead atoms. The van der Waals surface area contributed by atoms with E-state index in [9.17, 15) is 0 Å². The third-order valence-corrected chi connectivity index (χ3v) is 0.996. The van der Waals surface area contributed by atoms with E-state index >= 15 is 0 Å². The van der Waals surface area contributed by atoms with Gasteiger partial charge < -0.3 is 21.7 Å². The maximum Gasteiger partial charge on any atom is 0.503 e. The number of anilines is 2. The molecule has 1 aromatic carbocycles. The molecule has 0 amide bonds. The van der Waals surface area contributed by atoms with Crippen molar-refractivity contribution in [1.82, 2.24) is 0 Å². The summed E-state index contributed by atoms with van der Waals surface area (Å²) < 4.78 is 0. The second-order valence-corrected chi connectivity index (χ2v) is 1.91. The molecule has 0 spiro atoms. The van der Waals surface area contributed by atoms with E-state index in [0.717, 1.165) is 0 Å². The maximum atomic E-state index is 8.56. The summed E-state index contributed by atoms with van der Waals surface area (Å²) in [5.74, 6) is 0. The number of nitrogens with two attached hydrogens (primary N) is 2. The Kier molecular flexibility index (Phi) is 4.07. The molecular formula is C7H10N2O3. The van der Waals surface area contributed by atoms with Crippen LogP contribution in [0.25, 0.3) is 0 Å². The molecule has 0 aliphatic heterocycles. The molecule has 0 aliphatic carbocycles. The number of para-hydroxylation sites is 2. The first kappa shape index (κ1) is 10.1. The van der Waals surface area contributed by atoms with Gasteiger partial charge in [0.1, 0.15) is 0 Å². The Morgan fingerprint density at radius 3 is 1.50 bits per heavy atom. The Morgan fingerprint density at radius 2 is 1.33 bits per heavy atom. The van der Waals surface area contributed by atoms with Crippen molar-refractivity contribution in [3.05, 3.63) is 24.3 Å². The Labute approximate surface area is 69.2 Å². The van der Waals surface area contributed by atoms with Crippen LogP contribution < -0.4 is 11.5 Å². The fourth-order valence-electron chi connectivity index (χ4n) is 0.511. The van der Waals surface area contributed by atoms with Gasteiger partial charge in [-0.1, -0.05) is 12.1 Å². The van der Waals surface area contributed by atoms with Crippen molar-refractivity contribution in [2.75, 3.05) is 11.5 Å². The van der Waals surface area contributed by atoms with E-state index in [4.69, 9.17) is 26.5 Å². The molecule has 66 valence electrons. The third kappa shape index (κ3) is 4.92. The molecule has 1 aromatic rings. The molecule has 0 aliphatic rings. The zero-order valence-corrected chi connectivity index (χ0v) is 6.27. The topological polar surface area (TPSA) is 110 Å². The Morgan fingerprint density at radius 1 is 1.08 bits per heavy atom. The van der Waals surface area contributed by atoms with Crippen molar-refractivity contribution >= 4 is 17.5 Å². The van der Waals surface area contributed by atoms with Crippen molar-refractivity contribution in [2.45, 2.75) is 0 Å². The van der Waals surface area contributed by atoms with Crippen LogP contribution in [0.3, 0.4) is 0 Å². The molecule has 1 rings (SSSR count). The summed E-state index contributed by atoms with van der Waals surface area (Å²) in [6.45, 7) is 0. The highest BCUT2D eigenvalue weighted by Crippen LogP contribution is 2.10. The number of carbonyl (C=O) groups is 1. The predicted octanol–water partition coefficient (Wildman–Crippen LogP) is 1.07. The van der Waals surface area contributed by atoms with E-state index < -0.39 is 6.16 Å². The van der Waals surface area contributed by atoms with Crippen LogP contribution in [0.15, 0.2) is 24.3 Å². The fraction of sp³-hybridized carbons (Fsp3) is 0. The lowest BCUT2D eigenvalue weighted by molar-refractivity contribution is 0.137. The first-order valence-corrected chi connectivity index (χ1v) is 3.06. The van der Waals surface area contributed by atoms with Gasteiger partial charge in [-0.05, 0) is 12.1 Å². The Balaban J connectivity index is 0.000000261. The molecule has 5 heteroatoms. The summed E-state index contributed by atoms with van der Waals surface area (Å²) in [5.41, 5.74) is 12.1. The van der Waals surface area contributed by atoms with Crippen molar-refractivity contribution in [3.63, 3.8) is 0 Å². The van der Waals surface area contributed by atoms with Gasteiger partial charge in [0.2, 0.25) is 0 Å². The Hall–Kier alpha value is -1.91. The number of hydrogen-bond donors (Lipinski definition) is 4. The number of hydrogen-bond acceptors (Lipinski definition) is 3. The third-order valence-electron chi connectivity index (χ3n) is 0.996. The van der Waals surface area contributed by atoms with Crippen LogP contribution in [0.5, 0.6) is 0 Å². The average molecular weight is 170 g/mol. The van der Waals surface area contributed by atoms with Gasteiger partial charge in [0.25, 0.3) is 0 Å². The van der Waals surface area contributed by atoms with Crippen LogP contribution in [0.1, 0.15) is 0 Å². The largest absolute Gasteiger partial charge is 0.503 e. The zero-order chi connectivity index (χ0) is 9.56. The molecule has 0 atom stereocenters. The molecule has 12 heavy (non-hydrogen) atoms. The summed E-state index contributed by atoms with van der Waals surface area (Å²) in [5, 5.41) is 13.9. The lowest BCUT2D eigenvalue weighted by Gasteiger charge is -1.94. The molecular weight excluding hydrogens is 160 g/mol. The quantitative estimate of drug-likeness (QED) is 0.435. The highest BCUT2D eigenvalue weighted by atomic mass is 16.6. The van der Waals surface area contributed by atoms with Gasteiger partial charge in [0.15, 0.2) is 0 Å². The number of nitrogen functional groups attached to an aromatic ring is 2. The van der Waals surface area contributed by atoms with Gasteiger partial charge >= 0.3 is 6.16 Å². The minimum Gasteiger partial charge on any atom is -0.450 e. The Bertz CT molecular complexity index is 238. The minimum absolute atomic E-state index is 0.646. The molecule has 6 N–H and O–H groups in total. The molecule has 0 radical (unpaired) electrons. The molecule has 0 unspecified atom stereocenters. The van der Waals surface area contributed by atoms with E-state index in [1.807, 2.05) is 12.1 Å². The van der Waals surface area contributed by atoms with Crippen LogP contribution in [0.4, 0.5) is 16.2 Å². The van der Waals surface area contributed by atoms with E-state index in [-0.39, 0.29) is 0 Å². The zero-order valence-electron chi connectivity index (χ0n) is 6.27. The highest BCUT2D eigenvalue weighted by Gasteiger charge is 1.85. The second kappa shape index (κ2) is 4.84. The minimum atomic E-state index is -1.83. The number of benzene rings is 1.